The number of carbonyl (C=O) groups excluding carboxylic acids is 1. The fourth-order valence-corrected chi connectivity index (χ4v) is 4.42. The first-order valence-electron chi connectivity index (χ1n) is 9.73. The molecular weight excluding hydrogens is 546 g/mol. The number of ether oxygens (including phenoxy) is 4. The molecule has 176 valence electrons. The smallest absolute Gasteiger partial charge is 0.231 e. The number of fused-ring (bicyclic) bond motifs is 1. The van der Waals surface area contributed by atoms with Crippen molar-refractivity contribution in [1.82, 2.24) is 0 Å². The first-order valence-corrected chi connectivity index (χ1v) is 11.6. The van der Waals surface area contributed by atoms with E-state index in [4.69, 9.17) is 77.0 Å². The highest BCUT2D eigenvalue weighted by molar-refractivity contribution is 6.55. The summed E-state index contributed by atoms with van der Waals surface area (Å²) in [6.45, 7) is 0.180. The van der Waals surface area contributed by atoms with Crippen molar-refractivity contribution >= 4 is 69.9 Å². The van der Waals surface area contributed by atoms with Crippen molar-refractivity contribution in [2.75, 3.05) is 13.9 Å². The summed E-state index contributed by atoms with van der Waals surface area (Å²) in [5.74, 6) is 1.64. The van der Waals surface area contributed by atoms with Gasteiger partial charge in [-0.2, -0.15) is 0 Å². The Morgan fingerprint density at radius 2 is 1.59 bits per heavy atom. The average Bonchev–Trinajstić information content (AvgIpc) is 3.33. The second-order valence-corrected chi connectivity index (χ2v) is 8.91. The van der Waals surface area contributed by atoms with Gasteiger partial charge in [0.15, 0.2) is 23.0 Å². The molecule has 0 spiro atoms. The molecule has 0 unspecified atom stereocenters. The van der Waals surface area contributed by atoms with Crippen LogP contribution in [0.3, 0.4) is 0 Å². The van der Waals surface area contributed by atoms with Gasteiger partial charge in [0.1, 0.15) is 22.4 Å². The van der Waals surface area contributed by atoms with Crippen LogP contribution in [0.25, 0.3) is 6.08 Å². The van der Waals surface area contributed by atoms with E-state index in [1.807, 2.05) is 12.1 Å². The molecule has 5 nitrogen and oxygen atoms in total. The van der Waals surface area contributed by atoms with Gasteiger partial charge >= 0.3 is 0 Å². The molecule has 0 saturated heterocycles. The molecule has 0 aliphatic carbocycles. The molecule has 0 fully saturated rings. The van der Waals surface area contributed by atoms with E-state index in [1.165, 1.54) is 13.2 Å². The van der Waals surface area contributed by atoms with Crippen LogP contribution in [0.2, 0.25) is 25.1 Å². The summed E-state index contributed by atoms with van der Waals surface area (Å²) in [7, 11) is 1.54. The minimum absolute atomic E-state index is 0.0364. The van der Waals surface area contributed by atoms with Crippen LogP contribution in [0.5, 0.6) is 23.0 Å². The molecule has 3 aromatic rings. The van der Waals surface area contributed by atoms with E-state index in [9.17, 15) is 4.79 Å². The monoisotopic (exact) mass is 558 g/mol. The lowest BCUT2D eigenvalue weighted by atomic mass is 10.1. The maximum Gasteiger partial charge on any atom is 0.231 e. The molecule has 0 atom stereocenters. The van der Waals surface area contributed by atoms with E-state index in [1.54, 1.807) is 30.3 Å². The van der Waals surface area contributed by atoms with E-state index in [0.717, 1.165) is 5.56 Å². The van der Waals surface area contributed by atoms with Gasteiger partial charge in [-0.3, -0.25) is 4.79 Å². The molecule has 1 aliphatic rings. The fraction of sp³-hybridized carbons (Fsp3) is 0.125. The summed E-state index contributed by atoms with van der Waals surface area (Å²) in [4.78, 5) is 12.6. The molecule has 0 bridgehead atoms. The molecule has 0 aromatic heterocycles. The highest BCUT2D eigenvalue weighted by Gasteiger charge is 2.21. The maximum atomic E-state index is 12.6. The molecule has 10 heteroatoms. The topological polar surface area (TPSA) is 54.0 Å². The predicted octanol–water partition coefficient (Wildman–Crippen LogP) is 8.17. The van der Waals surface area contributed by atoms with Crippen molar-refractivity contribution in [3.05, 3.63) is 84.3 Å². The van der Waals surface area contributed by atoms with Crippen molar-refractivity contribution in [1.29, 1.82) is 0 Å². The number of carbonyl (C=O) groups is 1. The van der Waals surface area contributed by atoms with Crippen molar-refractivity contribution in [2.24, 2.45) is 0 Å². The zero-order valence-corrected chi connectivity index (χ0v) is 21.2. The number of benzene rings is 3. The van der Waals surface area contributed by atoms with Crippen LogP contribution in [0.15, 0.2) is 42.5 Å². The predicted molar refractivity (Wildman–Crippen MR) is 135 cm³/mol. The summed E-state index contributed by atoms with van der Waals surface area (Å²) in [6, 6.07) is 10.4. The molecule has 0 saturated carbocycles. The van der Waals surface area contributed by atoms with Gasteiger partial charge in [0.05, 0.1) is 22.2 Å². The number of hydrogen-bond acceptors (Lipinski definition) is 5. The van der Waals surface area contributed by atoms with Crippen LogP contribution in [0.1, 0.15) is 21.5 Å². The van der Waals surface area contributed by atoms with Gasteiger partial charge in [-0.15, -0.1) is 0 Å². The number of ketones is 1. The molecule has 0 amide bonds. The van der Waals surface area contributed by atoms with Crippen molar-refractivity contribution in [3.63, 3.8) is 0 Å². The quantitative estimate of drug-likeness (QED) is 0.126. The van der Waals surface area contributed by atoms with E-state index < -0.39 is 0 Å². The summed E-state index contributed by atoms with van der Waals surface area (Å²) in [5.41, 5.74) is 1.91. The Bertz CT molecular complexity index is 1280. The van der Waals surface area contributed by atoms with Crippen molar-refractivity contribution in [2.45, 2.75) is 6.61 Å². The van der Waals surface area contributed by atoms with Gasteiger partial charge in [-0.1, -0.05) is 70.1 Å². The average molecular weight is 561 g/mol. The van der Waals surface area contributed by atoms with E-state index >= 15 is 0 Å². The van der Waals surface area contributed by atoms with Gasteiger partial charge in [0, 0.05) is 11.1 Å². The van der Waals surface area contributed by atoms with Gasteiger partial charge in [-0.05, 0) is 42.0 Å². The second-order valence-electron chi connectivity index (χ2n) is 7.02. The van der Waals surface area contributed by atoms with Crippen LogP contribution < -0.4 is 18.9 Å². The Hall–Kier alpha value is -2.28. The zero-order valence-electron chi connectivity index (χ0n) is 17.5. The van der Waals surface area contributed by atoms with Crippen LogP contribution in [0, 0.1) is 0 Å². The number of hydrogen-bond donors (Lipinski definition) is 0. The first-order chi connectivity index (χ1) is 16.3. The van der Waals surface area contributed by atoms with E-state index in [2.05, 4.69) is 0 Å². The first kappa shape index (κ1) is 24.8. The number of allylic oxidation sites excluding steroid dienone is 1. The third-order valence-electron chi connectivity index (χ3n) is 4.93. The third-order valence-corrected chi connectivity index (χ3v) is 7.17. The Kier molecular flexibility index (Phi) is 7.70. The number of halogens is 5. The standard InChI is InChI=1S/C24H15Cl5O5/c1-31-16-6-3-12(2-5-15(30)13-4-7-17-18(9-13)34-11-33-17)8-14(16)10-32-24-22(28)20(26)19(25)21(27)23(24)29/h2-9H,10-11H2,1H3/b5-2+. The molecule has 34 heavy (non-hydrogen) atoms. The van der Waals surface area contributed by atoms with E-state index in [0.29, 0.717) is 28.4 Å². The van der Waals surface area contributed by atoms with Gasteiger partial charge in [0.2, 0.25) is 6.79 Å². The Balaban J connectivity index is 1.54. The fourth-order valence-electron chi connectivity index (χ4n) is 3.19. The molecule has 0 radical (unpaired) electrons. The Morgan fingerprint density at radius 3 is 2.29 bits per heavy atom. The molecule has 0 N–H and O–H groups in total. The maximum absolute atomic E-state index is 12.6. The highest BCUT2D eigenvalue weighted by Crippen LogP contribution is 2.48. The molecular formula is C24H15Cl5O5. The lowest BCUT2D eigenvalue weighted by Gasteiger charge is -2.15. The summed E-state index contributed by atoms with van der Waals surface area (Å²) >= 11 is 30.7. The minimum atomic E-state index is -0.184. The third kappa shape index (κ3) is 5.04. The van der Waals surface area contributed by atoms with Crippen LogP contribution in [0.4, 0.5) is 0 Å². The molecule has 1 aliphatic heterocycles. The largest absolute Gasteiger partial charge is 0.496 e. The lowest BCUT2D eigenvalue weighted by Crippen LogP contribution is -2.01. The number of methoxy groups -OCH3 is 1. The summed E-state index contributed by atoms with van der Waals surface area (Å²) < 4.78 is 21.8. The van der Waals surface area contributed by atoms with Crippen molar-refractivity contribution in [3.8, 4) is 23.0 Å². The molecule has 1 heterocycles. The minimum Gasteiger partial charge on any atom is -0.496 e. The van der Waals surface area contributed by atoms with Gasteiger partial charge < -0.3 is 18.9 Å². The van der Waals surface area contributed by atoms with Gasteiger partial charge in [-0.25, -0.2) is 0 Å². The molecule has 3 aromatic carbocycles. The van der Waals surface area contributed by atoms with Crippen molar-refractivity contribution < 1.29 is 23.7 Å². The lowest BCUT2D eigenvalue weighted by molar-refractivity contribution is 0.104. The number of rotatable bonds is 7. The summed E-state index contributed by atoms with van der Waals surface area (Å²) in [5, 5.41) is 0.218. The Morgan fingerprint density at radius 1 is 0.912 bits per heavy atom. The second kappa shape index (κ2) is 10.5. The van der Waals surface area contributed by atoms with Crippen LogP contribution >= 0.6 is 58.0 Å². The molecule has 4 rings (SSSR count). The Labute approximate surface area is 220 Å². The zero-order chi connectivity index (χ0) is 24.4. The van der Waals surface area contributed by atoms with Gasteiger partial charge in [0.25, 0.3) is 0 Å². The van der Waals surface area contributed by atoms with Crippen LogP contribution in [-0.2, 0) is 6.61 Å². The summed E-state index contributed by atoms with van der Waals surface area (Å²) in [6.07, 6.45) is 3.16. The highest BCUT2D eigenvalue weighted by atomic mass is 35.5. The normalized spacial score (nSPS) is 12.3. The SMILES string of the molecule is COc1ccc(/C=C/C(=O)c2ccc3c(c2)OCO3)cc1COc1c(Cl)c(Cl)c(Cl)c(Cl)c1Cl. The van der Waals surface area contributed by atoms with Crippen LogP contribution in [-0.4, -0.2) is 19.7 Å². The van der Waals surface area contributed by atoms with E-state index in [-0.39, 0.29) is 50.0 Å².